The Kier molecular flexibility index (Phi) is 5.38. The number of benzene rings is 1. The highest BCUT2D eigenvalue weighted by Gasteiger charge is 2.21. The van der Waals surface area contributed by atoms with Gasteiger partial charge in [-0.25, -0.2) is 0 Å². The molecule has 1 unspecified atom stereocenters. The lowest BCUT2D eigenvalue weighted by atomic mass is 10.0. The van der Waals surface area contributed by atoms with E-state index in [1.807, 2.05) is 44.2 Å². The predicted octanol–water partition coefficient (Wildman–Crippen LogP) is 2.63. The predicted molar refractivity (Wildman–Crippen MR) is 71.8 cm³/mol. The van der Waals surface area contributed by atoms with Crippen molar-refractivity contribution in [2.24, 2.45) is 5.92 Å². The molecule has 0 aliphatic rings. The average Bonchev–Trinajstić information content (AvgIpc) is 2.37. The van der Waals surface area contributed by atoms with Crippen LogP contribution < -0.4 is 0 Å². The molecule has 0 aliphatic carbocycles. The Morgan fingerprint density at radius 3 is 2.44 bits per heavy atom. The summed E-state index contributed by atoms with van der Waals surface area (Å²) < 4.78 is 0. The Morgan fingerprint density at radius 1 is 1.33 bits per heavy atom. The first kappa shape index (κ1) is 14.2. The Labute approximate surface area is 109 Å². The number of nitriles is 1. The van der Waals surface area contributed by atoms with E-state index in [9.17, 15) is 4.79 Å². The van der Waals surface area contributed by atoms with Gasteiger partial charge in [-0.15, -0.1) is 0 Å². The molecule has 0 N–H and O–H groups in total. The highest BCUT2D eigenvalue weighted by atomic mass is 16.2. The van der Waals surface area contributed by atoms with Gasteiger partial charge in [-0.2, -0.15) is 5.26 Å². The molecule has 0 fully saturated rings. The lowest BCUT2D eigenvalue weighted by Gasteiger charge is -2.25. The second kappa shape index (κ2) is 6.80. The second-order valence-electron chi connectivity index (χ2n) is 4.81. The van der Waals surface area contributed by atoms with Gasteiger partial charge in [-0.1, -0.05) is 44.2 Å². The molecular weight excluding hydrogens is 224 g/mol. The van der Waals surface area contributed by atoms with Crippen molar-refractivity contribution in [2.75, 3.05) is 7.05 Å². The fourth-order valence-corrected chi connectivity index (χ4v) is 1.91. The summed E-state index contributed by atoms with van der Waals surface area (Å²) in [7, 11) is 1.71. The number of nitrogens with zero attached hydrogens (tertiary/aromatic N) is 2. The third-order valence-electron chi connectivity index (χ3n) is 3.04. The summed E-state index contributed by atoms with van der Waals surface area (Å²) in [6.07, 6.45) is 1.17. The van der Waals surface area contributed by atoms with Gasteiger partial charge in [-0.3, -0.25) is 4.79 Å². The quantitative estimate of drug-likeness (QED) is 0.799. The zero-order valence-corrected chi connectivity index (χ0v) is 11.3. The maximum absolute atomic E-state index is 12.0. The van der Waals surface area contributed by atoms with E-state index in [0.29, 0.717) is 6.42 Å². The van der Waals surface area contributed by atoms with Crippen LogP contribution in [0.25, 0.3) is 0 Å². The summed E-state index contributed by atoms with van der Waals surface area (Å²) >= 11 is 0. The number of aryl methyl sites for hydroxylation is 1. The lowest BCUT2D eigenvalue weighted by molar-refractivity contribution is -0.131. The van der Waals surface area contributed by atoms with Gasteiger partial charge in [0.15, 0.2) is 0 Å². The number of carbonyl (C=O) groups is 1. The highest BCUT2D eigenvalue weighted by molar-refractivity contribution is 5.76. The Morgan fingerprint density at radius 2 is 1.94 bits per heavy atom. The summed E-state index contributed by atoms with van der Waals surface area (Å²) in [5, 5.41) is 9.06. The van der Waals surface area contributed by atoms with Crippen molar-refractivity contribution in [3.63, 3.8) is 0 Å². The molecule has 0 bridgehead atoms. The molecule has 1 aromatic rings. The fraction of sp³-hybridized carbons (Fsp3) is 0.467. The molecule has 0 saturated carbocycles. The van der Waals surface area contributed by atoms with Crippen molar-refractivity contribution in [1.82, 2.24) is 4.90 Å². The molecule has 3 nitrogen and oxygen atoms in total. The minimum Gasteiger partial charge on any atom is -0.329 e. The SMILES string of the molecule is CC(C)C(C#N)N(C)C(=O)CCc1ccccc1. The summed E-state index contributed by atoms with van der Waals surface area (Å²) in [6, 6.07) is 11.8. The first-order valence-electron chi connectivity index (χ1n) is 6.25. The molecular formula is C15H20N2O. The van der Waals surface area contributed by atoms with Crippen LogP contribution in [-0.2, 0) is 11.2 Å². The number of carbonyl (C=O) groups excluding carboxylic acids is 1. The van der Waals surface area contributed by atoms with E-state index in [4.69, 9.17) is 5.26 Å². The summed E-state index contributed by atoms with van der Waals surface area (Å²) in [5.41, 5.74) is 1.15. The van der Waals surface area contributed by atoms with Crippen LogP contribution >= 0.6 is 0 Å². The summed E-state index contributed by atoms with van der Waals surface area (Å²) in [5.74, 6) is 0.180. The third kappa shape index (κ3) is 3.89. The van der Waals surface area contributed by atoms with Crippen LogP contribution in [0.3, 0.4) is 0 Å². The van der Waals surface area contributed by atoms with E-state index in [-0.39, 0.29) is 17.9 Å². The Hall–Kier alpha value is -1.82. The largest absolute Gasteiger partial charge is 0.329 e. The van der Waals surface area contributed by atoms with Crippen molar-refractivity contribution >= 4 is 5.91 Å². The van der Waals surface area contributed by atoms with Crippen molar-refractivity contribution < 1.29 is 4.79 Å². The molecule has 0 aliphatic heterocycles. The van der Waals surface area contributed by atoms with E-state index in [2.05, 4.69) is 6.07 Å². The fourth-order valence-electron chi connectivity index (χ4n) is 1.91. The molecule has 0 radical (unpaired) electrons. The van der Waals surface area contributed by atoms with E-state index >= 15 is 0 Å². The number of hydrogen-bond donors (Lipinski definition) is 0. The van der Waals surface area contributed by atoms with Gasteiger partial charge >= 0.3 is 0 Å². The van der Waals surface area contributed by atoms with Gasteiger partial charge in [0.2, 0.25) is 5.91 Å². The van der Waals surface area contributed by atoms with Crippen molar-refractivity contribution in [1.29, 1.82) is 5.26 Å². The maximum Gasteiger partial charge on any atom is 0.223 e. The number of amides is 1. The molecule has 1 atom stereocenters. The van der Waals surface area contributed by atoms with Crippen LogP contribution in [0.1, 0.15) is 25.8 Å². The van der Waals surface area contributed by atoms with Crippen LogP contribution in [0, 0.1) is 17.2 Å². The minimum atomic E-state index is -0.340. The lowest BCUT2D eigenvalue weighted by Crippen LogP contribution is -2.39. The van der Waals surface area contributed by atoms with Gasteiger partial charge in [-0.05, 0) is 17.9 Å². The van der Waals surface area contributed by atoms with E-state index in [1.165, 1.54) is 0 Å². The smallest absolute Gasteiger partial charge is 0.223 e. The molecule has 1 rings (SSSR count). The molecule has 1 aromatic carbocycles. The van der Waals surface area contributed by atoms with Crippen LogP contribution in [0.4, 0.5) is 0 Å². The number of rotatable bonds is 5. The monoisotopic (exact) mass is 244 g/mol. The maximum atomic E-state index is 12.0. The third-order valence-corrected chi connectivity index (χ3v) is 3.04. The van der Waals surface area contributed by atoms with Gasteiger partial charge < -0.3 is 4.90 Å². The highest BCUT2D eigenvalue weighted by Crippen LogP contribution is 2.11. The number of hydrogen-bond acceptors (Lipinski definition) is 2. The van der Waals surface area contributed by atoms with Crippen molar-refractivity contribution in [3.05, 3.63) is 35.9 Å². The van der Waals surface area contributed by atoms with E-state index in [1.54, 1.807) is 11.9 Å². The minimum absolute atomic E-state index is 0.0269. The van der Waals surface area contributed by atoms with E-state index in [0.717, 1.165) is 12.0 Å². The second-order valence-corrected chi connectivity index (χ2v) is 4.81. The zero-order chi connectivity index (χ0) is 13.5. The van der Waals surface area contributed by atoms with Crippen LogP contribution in [-0.4, -0.2) is 23.9 Å². The first-order chi connectivity index (χ1) is 8.56. The molecule has 18 heavy (non-hydrogen) atoms. The summed E-state index contributed by atoms with van der Waals surface area (Å²) in [6.45, 7) is 3.91. The topological polar surface area (TPSA) is 44.1 Å². The Balaban J connectivity index is 2.53. The molecule has 1 amide bonds. The van der Waals surface area contributed by atoms with Crippen molar-refractivity contribution in [2.45, 2.75) is 32.7 Å². The molecule has 0 saturated heterocycles. The van der Waals surface area contributed by atoms with Gasteiger partial charge in [0.25, 0.3) is 0 Å². The van der Waals surface area contributed by atoms with Crippen molar-refractivity contribution in [3.8, 4) is 6.07 Å². The van der Waals surface area contributed by atoms with Gasteiger partial charge in [0, 0.05) is 13.5 Å². The molecule has 0 heterocycles. The zero-order valence-electron chi connectivity index (χ0n) is 11.3. The van der Waals surface area contributed by atoms with E-state index < -0.39 is 0 Å². The first-order valence-corrected chi connectivity index (χ1v) is 6.25. The molecule has 0 aromatic heterocycles. The van der Waals surface area contributed by atoms with Crippen LogP contribution in [0.15, 0.2) is 30.3 Å². The van der Waals surface area contributed by atoms with Gasteiger partial charge in [0.1, 0.15) is 6.04 Å². The standard InChI is InChI=1S/C15H20N2O/c1-12(2)14(11-16)17(3)15(18)10-9-13-7-5-4-6-8-13/h4-8,12,14H,9-10H2,1-3H3. The van der Waals surface area contributed by atoms with Gasteiger partial charge in [0.05, 0.1) is 6.07 Å². The molecule has 0 spiro atoms. The van der Waals surface area contributed by atoms with Crippen LogP contribution in [0.2, 0.25) is 0 Å². The molecule has 3 heteroatoms. The normalized spacial score (nSPS) is 11.9. The Bertz CT molecular complexity index is 420. The summed E-state index contributed by atoms with van der Waals surface area (Å²) in [4.78, 5) is 13.6. The molecule has 96 valence electrons. The van der Waals surface area contributed by atoms with Crippen LogP contribution in [0.5, 0.6) is 0 Å². The average molecular weight is 244 g/mol.